The third-order valence-electron chi connectivity index (χ3n) is 3.18. The van der Waals surface area contributed by atoms with E-state index in [0.29, 0.717) is 0 Å². The lowest BCUT2D eigenvalue weighted by atomic mass is 10.2. The summed E-state index contributed by atoms with van der Waals surface area (Å²) in [6, 6.07) is 15.3. The van der Waals surface area contributed by atoms with Crippen LogP contribution in [0, 0.1) is 0 Å². The van der Waals surface area contributed by atoms with Crippen molar-refractivity contribution in [1.82, 2.24) is 4.98 Å². The molecule has 0 aliphatic carbocycles. The summed E-state index contributed by atoms with van der Waals surface area (Å²) < 4.78 is 11.5. The van der Waals surface area contributed by atoms with Gasteiger partial charge in [0, 0.05) is 6.08 Å². The molecule has 0 aliphatic heterocycles. The van der Waals surface area contributed by atoms with Crippen molar-refractivity contribution in [3.63, 3.8) is 0 Å². The molecule has 3 aromatic rings. The number of methoxy groups -OCH3 is 1. The normalized spacial score (nSPS) is 11.0. The van der Waals surface area contributed by atoms with E-state index in [1.165, 1.54) is 17.4 Å². The number of ether oxygens (including phenoxy) is 2. The third-order valence-corrected chi connectivity index (χ3v) is 4.19. The molecule has 0 amide bonds. The molecule has 0 aliphatic rings. The number of thiazole rings is 1. The fourth-order valence-electron chi connectivity index (χ4n) is 2.07. The summed E-state index contributed by atoms with van der Waals surface area (Å²) in [5.74, 6) is 0.349. The van der Waals surface area contributed by atoms with Crippen LogP contribution in [0.4, 0.5) is 0 Å². The molecule has 0 spiro atoms. The van der Waals surface area contributed by atoms with Crippen LogP contribution in [0.25, 0.3) is 16.3 Å². The van der Waals surface area contributed by atoms with Crippen LogP contribution in [0.5, 0.6) is 5.75 Å². The first-order valence-electron chi connectivity index (χ1n) is 7.08. The molecule has 116 valence electrons. The molecule has 0 bridgehead atoms. The molecule has 0 saturated carbocycles. The number of esters is 1. The highest BCUT2D eigenvalue weighted by molar-refractivity contribution is 7.18. The quantitative estimate of drug-likeness (QED) is 0.524. The first-order chi connectivity index (χ1) is 11.2. The maximum Gasteiger partial charge on any atom is 0.331 e. The van der Waals surface area contributed by atoms with E-state index >= 15 is 0 Å². The highest BCUT2D eigenvalue weighted by Crippen LogP contribution is 2.22. The highest BCUT2D eigenvalue weighted by atomic mass is 32.1. The van der Waals surface area contributed by atoms with Crippen molar-refractivity contribution in [2.75, 3.05) is 7.11 Å². The van der Waals surface area contributed by atoms with E-state index in [-0.39, 0.29) is 6.61 Å². The average molecular weight is 325 g/mol. The van der Waals surface area contributed by atoms with Crippen LogP contribution < -0.4 is 4.74 Å². The lowest BCUT2D eigenvalue weighted by Crippen LogP contribution is -2.00. The Balaban J connectivity index is 1.59. The molecule has 0 radical (unpaired) electrons. The van der Waals surface area contributed by atoms with Gasteiger partial charge in [-0.1, -0.05) is 24.3 Å². The monoisotopic (exact) mass is 325 g/mol. The van der Waals surface area contributed by atoms with Gasteiger partial charge in [-0.05, 0) is 35.9 Å². The number of para-hydroxylation sites is 1. The fraction of sp³-hybridized carbons (Fsp3) is 0.111. The second-order valence-corrected chi connectivity index (χ2v) is 5.91. The van der Waals surface area contributed by atoms with E-state index in [1.54, 1.807) is 13.2 Å². The lowest BCUT2D eigenvalue weighted by Gasteiger charge is -2.00. The van der Waals surface area contributed by atoms with E-state index in [2.05, 4.69) is 4.98 Å². The number of carbonyl (C=O) groups excluding carboxylic acids is 1. The minimum atomic E-state index is -0.396. The van der Waals surface area contributed by atoms with Gasteiger partial charge in [0.1, 0.15) is 17.4 Å². The summed E-state index contributed by atoms with van der Waals surface area (Å²) in [5, 5.41) is 0.786. The van der Waals surface area contributed by atoms with Crippen LogP contribution in [0.15, 0.2) is 54.6 Å². The number of fused-ring (bicyclic) bond motifs is 1. The topological polar surface area (TPSA) is 48.4 Å². The van der Waals surface area contributed by atoms with Crippen LogP contribution in [-0.4, -0.2) is 18.1 Å². The van der Waals surface area contributed by atoms with E-state index in [9.17, 15) is 4.79 Å². The van der Waals surface area contributed by atoms with Crippen molar-refractivity contribution in [3.8, 4) is 5.75 Å². The predicted octanol–water partition coefficient (Wildman–Crippen LogP) is 4.06. The Morgan fingerprint density at radius 1 is 1.22 bits per heavy atom. The number of benzene rings is 2. The molecule has 4 nitrogen and oxygen atoms in total. The van der Waals surface area contributed by atoms with E-state index in [0.717, 1.165) is 26.5 Å². The van der Waals surface area contributed by atoms with Gasteiger partial charge in [-0.15, -0.1) is 11.3 Å². The van der Waals surface area contributed by atoms with Gasteiger partial charge < -0.3 is 9.47 Å². The number of aromatic nitrogens is 1. The Morgan fingerprint density at radius 3 is 2.91 bits per heavy atom. The summed E-state index contributed by atoms with van der Waals surface area (Å²) in [5.41, 5.74) is 1.80. The van der Waals surface area contributed by atoms with Gasteiger partial charge in [-0.2, -0.15) is 0 Å². The molecule has 3 rings (SSSR count). The highest BCUT2D eigenvalue weighted by Gasteiger charge is 2.05. The lowest BCUT2D eigenvalue weighted by molar-refractivity contribution is -0.138. The number of nitrogens with zero attached hydrogens (tertiary/aromatic N) is 1. The molecule has 0 fully saturated rings. The van der Waals surface area contributed by atoms with Gasteiger partial charge in [-0.25, -0.2) is 9.78 Å². The van der Waals surface area contributed by atoms with Crippen LogP contribution in [0.1, 0.15) is 10.6 Å². The molecule has 0 N–H and O–H groups in total. The minimum absolute atomic E-state index is 0.181. The van der Waals surface area contributed by atoms with E-state index in [1.807, 2.05) is 48.5 Å². The first kappa shape index (κ1) is 15.2. The molecule has 5 heteroatoms. The van der Waals surface area contributed by atoms with E-state index < -0.39 is 5.97 Å². The van der Waals surface area contributed by atoms with Crippen LogP contribution in [0.2, 0.25) is 0 Å². The standard InChI is InChI=1S/C18H15NO3S/c1-21-14-6-4-5-13(11-14)9-10-18(20)22-12-17-19-15-7-2-3-8-16(15)23-17/h2-11H,12H2,1H3/b10-9+. The Kier molecular flexibility index (Phi) is 4.68. The summed E-state index contributed by atoms with van der Waals surface area (Å²) in [4.78, 5) is 16.2. The summed E-state index contributed by atoms with van der Waals surface area (Å²) in [7, 11) is 1.61. The number of hydrogen-bond donors (Lipinski definition) is 0. The van der Waals surface area contributed by atoms with Gasteiger partial charge in [0.05, 0.1) is 17.3 Å². The summed E-state index contributed by atoms with van der Waals surface area (Å²) >= 11 is 1.53. The molecule has 1 heterocycles. The second kappa shape index (κ2) is 7.07. The molecular formula is C18H15NO3S. The summed E-state index contributed by atoms with van der Waals surface area (Å²) in [6.45, 7) is 0.181. The maximum absolute atomic E-state index is 11.8. The SMILES string of the molecule is COc1cccc(/C=C/C(=O)OCc2nc3ccccc3s2)c1. The molecular weight excluding hydrogens is 310 g/mol. The van der Waals surface area contributed by atoms with Crippen molar-refractivity contribution in [2.45, 2.75) is 6.61 Å². The van der Waals surface area contributed by atoms with Gasteiger partial charge in [0.25, 0.3) is 0 Å². The van der Waals surface area contributed by atoms with Gasteiger partial charge in [-0.3, -0.25) is 0 Å². The fourth-order valence-corrected chi connectivity index (χ4v) is 2.95. The Morgan fingerprint density at radius 2 is 2.09 bits per heavy atom. The van der Waals surface area contributed by atoms with E-state index in [4.69, 9.17) is 9.47 Å². The van der Waals surface area contributed by atoms with Crippen molar-refractivity contribution in [1.29, 1.82) is 0 Å². The molecule has 0 atom stereocenters. The number of rotatable bonds is 5. The van der Waals surface area contributed by atoms with Crippen molar-refractivity contribution in [3.05, 3.63) is 65.2 Å². The minimum Gasteiger partial charge on any atom is -0.497 e. The van der Waals surface area contributed by atoms with Crippen molar-refractivity contribution >= 4 is 33.6 Å². The maximum atomic E-state index is 11.8. The predicted molar refractivity (Wildman–Crippen MR) is 91.4 cm³/mol. The largest absolute Gasteiger partial charge is 0.497 e. The smallest absolute Gasteiger partial charge is 0.331 e. The molecule has 1 aromatic heterocycles. The first-order valence-corrected chi connectivity index (χ1v) is 7.89. The zero-order valence-electron chi connectivity index (χ0n) is 12.6. The molecule has 0 saturated heterocycles. The number of carbonyl (C=O) groups is 1. The van der Waals surface area contributed by atoms with Gasteiger partial charge in [0.15, 0.2) is 0 Å². The van der Waals surface area contributed by atoms with Gasteiger partial charge in [0.2, 0.25) is 0 Å². The third kappa shape index (κ3) is 3.96. The Hall–Kier alpha value is -2.66. The number of hydrogen-bond acceptors (Lipinski definition) is 5. The van der Waals surface area contributed by atoms with Crippen molar-refractivity contribution in [2.24, 2.45) is 0 Å². The van der Waals surface area contributed by atoms with Crippen molar-refractivity contribution < 1.29 is 14.3 Å². The zero-order valence-corrected chi connectivity index (χ0v) is 13.4. The van der Waals surface area contributed by atoms with Gasteiger partial charge >= 0.3 is 5.97 Å². The second-order valence-electron chi connectivity index (χ2n) is 4.79. The Labute approximate surface area is 138 Å². The summed E-state index contributed by atoms with van der Waals surface area (Å²) in [6.07, 6.45) is 3.10. The van der Waals surface area contributed by atoms with Crippen LogP contribution in [0.3, 0.4) is 0 Å². The van der Waals surface area contributed by atoms with Crippen LogP contribution in [-0.2, 0) is 16.1 Å². The zero-order chi connectivity index (χ0) is 16.1. The van der Waals surface area contributed by atoms with Crippen LogP contribution >= 0.6 is 11.3 Å². The molecule has 0 unspecified atom stereocenters. The Bertz CT molecular complexity index is 821. The molecule has 2 aromatic carbocycles. The average Bonchev–Trinajstić information content (AvgIpc) is 3.01. The molecule has 23 heavy (non-hydrogen) atoms.